The first-order chi connectivity index (χ1) is 10.6. The maximum atomic E-state index is 13.4. The second-order valence-electron chi connectivity index (χ2n) is 5.13. The van der Waals surface area contributed by atoms with Gasteiger partial charge in [0.25, 0.3) is 5.91 Å². The number of benzene rings is 2. The van der Waals surface area contributed by atoms with Gasteiger partial charge in [-0.2, -0.15) is 0 Å². The zero-order valence-corrected chi connectivity index (χ0v) is 11.3. The molecule has 0 spiro atoms. The molecular weight excluding hydrogens is 285 g/mol. The Morgan fingerprint density at radius 2 is 1.82 bits per heavy atom. The van der Waals surface area contributed by atoms with Crippen LogP contribution in [0.4, 0.5) is 4.39 Å². The zero-order valence-electron chi connectivity index (χ0n) is 11.3. The molecule has 0 aliphatic carbocycles. The molecule has 0 saturated carbocycles. The van der Waals surface area contributed by atoms with Crippen LogP contribution in [0.25, 0.3) is 11.0 Å². The number of hydrogen-bond donors (Lipinski definition) is 1. The van der Waals surface area contributed by atoms with Crippen LogP contribution in [0.3, 0.4) is 0 Å². The molecule has 1 N–H and O–H groups in total. The number of amides is 1. The fraction of sp³-hybridized carbons (Fsp3) is 0.0588. The van der Waals surface area contributed by atoms with Crippen LogP contribution in [-0.4, -0.2) is 5.91 Å². The van der Waals surface area contributed by atoms with Gasteiger partial charge in [-0.1, -0.05) is 30.3 Å². The third-order valence-electron chi connectivity index (χ3n) is 3.79. The lowest BCUT2D eigenvalue weighted by atomic mass is 9.99. The second-order valence-corrected chi connectivity index (χ2v) is 5.13. The summed E-state index contributed by atoms with van der Waals surface area (Å²) in [6.45, 7) is 0. The summed E-state index contributed by atoms with van der Waals surface area (Å²) in [5.74, 6) is -0.960. The summed E-state index contributed by atoms with van der Waals surface area (Å²) in [5.41, 5.74) is 0.823. The van der Waals surface area contributed by atoms with E-state index in [-0.39, 0.29) is 27.7 Å². The highest BCUT2D eigenvalue weighted by molar-refractivity contribution is 5.98. The molecule has 4 rings (SSSR count). The molecular formula is C17H10FNO3. The summed E-state index contributed by atoms with van der Waals surface area (Å²) in [6.07, 6.45) is 0. The van der Waals surface area contributed by atoms with Crippen molar-refractivity contribution in [2.24, 2.45) is 0 Å². The van der Waals surface area contributed by atoms with Gasteiger partial charge in [-0.15, -0.1) is 0 Å². The minimum absolute atomic E-state index is 0.00189. The maximum absolute atomic E-state index is 13.4. The molecule has 1 aromatic heterocycles. The van der Waals surface area contributed by atoms with E-state index in [1.165, 1.54) is 12.1 Å². The highest BCUT2D eigenvalue weighted by Crippen LogP contribution is 2.30. The van der Waals surface area contributed by atoms with Gasteiger partial charge in [0.2, 0.25) is 5.76 Å². The average molecular weight is 295 g/mol. The van der Waals surface area contributed by atoms with Gasteiger partial charge in [0.1, 0.15) is 11.4 Å². The van der Waals surface area contributed by atoms with E-state index in [0.29, 0.717) is 0 Å². The Bertz CT molecular complexity index is 963. The van der Waals surface area contributed by atoms with E-state index in [1.54, 1.807) is 0 Å². The summed E-state index contributed by atoms with van der Waals surface area (Å²) in [5, 5.41) is 2.87. The summed E-state index contributed by atoms with van der Waals surface area (Å²) in [7, 11) is 0. The van der Waals surface area contributed by atoms with Crippen LogP contribution >= 0.6 is 0 Å². The Hall–Kier alpha value is -2.95. The smallest absolute Gasteiger partial charge is 0.288 e. The molecule has 0 saturated heterocycles. The number of hydrogen-bond acceptors (Lipinski definition) is 3. The fourth-order valence-corrected chi connectivity index (χ4v) is 2.78. The van der Waals surface area contributed by atoms with Crippen molar-refractivity contribution in [1.29, 1.82) is 0 Å². The first kappa shape index (κ1) is 12.8. The summed E-state index contributed by atoms with van der Waals surface area (Å²) >= 11 is 0. The lowest BCUT2D eigenvalue weighted by Crippen LogP contribution is -2.21. The second kappa shape index (κ2) is 4.53. The van der Waals surface area contributed by atoms with Gasteiger partial charge in [-0.3, -0.25) is 9.59 Å². The van der Waals surface area contributed by atoms with E-state index < -0.39 is 17.8 Å². The third kappa shape index (κ3) is 1.75. The highest BCUT2D eigenvalue weighted by atomic mass is 19.1. The zero-order chi connectivity index (χ0) is 15.3. The van der Waals surface area contributed by atoms with Gasteiger partial charge in [-0.05, 0) is 23.8 Å². The van der Waals surface area contributed by atoms with Gasteiger partial charge in [0.15, 0.2) is 5.43 Å². The van der Waals surface area contributed by atoms with E-state index in [9.17, 15) is 14.0 Å². The molecule has 4 nitrogen and oxygen atoms in total. The number of carbonyl (C=O) groups is 1. The first-order valence-corrected chi connectivity index (χ1v) is 6.77. The molecule has 0 radical (unpaired) electrons. The van der Waals surface area contributed by atoms with Crippen LogP contribution in [-0.2, 0) is 0 Å². The molecule has 1 unspecified atom stereocenters. The van der Waals surface area contributed by atoms with Crippen LogP contribution in [0.5, 0.6) is 0 Å². The molecule has 0 bridgehead atoms. The summed E-state index contributed by atoms with van der Waals surface area (Å²) in [6, 6.07) is 12.2. The number of fused-ring (bicyclic) bond motifs is 2. The van der Waals surface area contributed by atoms with Crippen molar-refractivity contribution in [1.82, 2.24) is 5.32 Å². The number of nitrogens with one attached hydrogen (secondary N) is 1. The van der Waals surface area contributed by atoms with E-state index in [0.717, 1.165) is 11.6 Å². The Morgan fingerprint density at radius 3 is 2.59 bits per heavy atom. The molecule has 2 aromatic carbocycles. The van der Waals surface area contributed by atoms with Gasteiger partial charge < -0.3 is 9.73 Å². The van der Waals surface area contributed by atoms with Crippen molar-refractivity contribution < 1.29 is 13.6 Å². The van der Waals surface area contributed by atoms with Crippen LogP contribution in [0, 0.1) is 5.82 Å². The molecule has 108 valence electrons. The molecule has 1 amide bonds. The van der Waals surface area contributed by atoms with Gasteiger partial charge >= 0.3 is 0 Å². The minimum atomic E-state index is -0.576. The van der Waals surface area contributed by atoms with Gasteiger partial charge in [0.05, 0.1) is 17.0 Å². The van der Waals surface area contributed by atoms with Crippen molar-refractivity contribution in [3.05, 3.63) is 81.5 Å². The van der Waals surface area contributed by atoms with Crippen molar-refractivity contribution >= 4 is 16.9 Å². The Kier molecular flexibility index (Phi) is 2.63. The van der Waals surface area contributed by atoms with Crippen molar-refractivity contribution in [3.63, 3.8) is 0 Å². The standard InChI is InChI=1S/C17H10FNO3/c18-10-6-7-12-11(8-10)15(20)13-14(9-4-2-1-3-5-9)19-17(21)16(13)22-12/h1-8,14H,(H,19,21). The minimum Gasteiger partial charge on any atom is -0.450 e. The lowest BCUT2D eigenvalue weighted by Gasteiger charge is -2.11. The third-order valence-corrected chi connectivity index (χ3v) is 3.79. The van der Waals surface area contributed by atoms with E-state index in [2.05, 4.69) is 5.32 Å². The quantitative estimate of drug-likeness (QED) is 0.751. The molecule has 0 fully saturated rings. The summed E-state index contributed by atoms with van der Waals surface area (Å²) < 4.78 is 18.9. The Morgan fingerprint density at radius 1 is 1.05 bits per heavy atom. The van der Waals surface area contributed by atoms with Gasteiger partial charge in [-0.25, -0.2) is 4.39 Å². The predicted octanol–water partition coefficient (Wildman–Crippen LogP) is 2.76. The Labute approximate surface area is 124 Å². The van der Waals surface area contributed by atoms with Crippen LogP contribution in [0.15, 0.2) is 57.7 Å². The van der Waals surface area contributed by atoms with Crippen LogP contribution in [0.1, 0.15) is 27.7 Å². The lowest BCUT2D eigenvalue weighted by molar-refractivity contribution is 0.0938. The number of rotatable bonds is 1. The largest absolute Gasteiger partial charge is 0.450 e. The highest BCUT2D eigenvalue weighted by Gasteiger charge is 2.35. The summed E-state index contributed by atoms with van der Waals surface area (Å²) in [4.78, 5) is 24.8. The first-order valence-electron chi connectivity index (χ1n) is 6.77. The van der Waals surface area contributed by atoms with E-state index in [4.69, 9.17) is 4.42 Å². The van der Waals surface area contributed by atoms with Gasteiger partial charge in [0, 0.05) is 0 Å². The molecule has 22 heavy (non-hydrogen) atoms. The fourth-order valence-electron chi connectivity index (χ4n) is 2.78. The topological polar surface area (TPSA) is 59.3 Å². The molecule has 5 heteroatoms. The monoisotopic (exact) mass is 295 g/mol. The van der Waals surface area contributed by atoms with Crippen LogP contribution in [0.2, 0.25) is 0 Å². The van der Waals surface area contributed by atoms with Crippen LogP contribution < -0.4 is 10.7 Å². The molecule has 1 aliphatic rings. The number of halogens is 1. The molecule has 3 aromatic rings. The Balaban J connectivity index is 2.03. The van der Waals surface area contributed by atoms with Crippen molar-refractivity contribution in [2.75, 3.05) is 0 Å². The van der Waals surface area contributed by atoms with E-state index in [1.807, 2.05) is 30.3 Å². The van der Waals surface area contributed by atoms with Crippen molar-refractivity contribution in [2.45, 2.75) is 6.04 Å². The SMILES string of the molecule is O=C1NC(c2ccccc2)c2c1oc1ccc(F)cc1c2=O. The molecule has 2 heterocycles. The average Bonchev–Trinajstić information content (AvgIpc) is 2.87. The number of carbonyl (C=O) groups excluding carboxylic acids is 1. The van der Waals surface area contributed by atoms with E-state index >= 15 is 0 Å². The predicted molar refractivity (Wildman–Crippen MR) is 78.2 cm³/mol. The molecule has 1 aliphatic heterocycles. The maximum Gasteiger partial charge on any atom is 0.288 e. The molecule has 1 atom stereocenters. The normalized spacial score (nSPS) is 16.6. The van der Waals surface area contributed by atoms with Crippen molar-refractivity contribution in [3.8, 4) is 0 Å².